The lowest BCUT2D eigenvalue weighted by atomic mass is 9.84. The molecule has 1 aromatic heterocycles. The minimum absolute atomic E-state index is 0.0853. The number of nitrogens with zero attached hydrogens (tertiary/aromatic N) is 2. The molecule has 41 heavy (non-hydrogen) atoms. The van der Waals surface area contributed by atoms with E-state index < -0.39 is 17.7 Å². The second-order valence-electron chi connectivity index (χ2n) is 10.6. The first-order chi connectivity index (χ1) is 19.2. The van der Waals surface area contributed by atoms with E-state index in [4.69, 9.17) is 16.2 Å². The summed E-state index contributed by atoms with van der Waals surface area (Å²) >= 11 is 1.20. The minimum atomic E-state index is -3.54. The number of allylic oxidation sites excluding steroid dienone is 1. The maximum Gasteiger partial charge on any atom is 0.369 e. The second kappa shape index (κ2) is 11.4. The molecule has 1 aromatic carbocycles. The van der Waals surface area contributed by atoms with E-state index in [-0.39, 0.29) is 40.4 Å². The summed E-state index contributed by atoms with van der Waals surface area (Å²) in [6, 6.07) is 5.02. The van der Waals surface area contributed by atoms with Crippen molar-refractivity contribution in [3.63, 3.8) is 0 Å². The molecule has 2 heterocycles. The lowest BCUT2D eigenvalue weighted by molar-refractivity contribution is -0.325. The number of thiazole rings is 1. The second-order valence-corrected chi connectivity index (χ2v) is 11.7. The Kier molecular flexibility index (Phi) is 8.26. The van der Waals surface area contributed by atoms with Gasteiger partial charge in [-0.2, -0.15) is 0 Å². The van der Waals surface area contributed by atoms with E-state index in [1.54, 1.807) is 23.1 Å². The number of methoxy groups -OCH3 is 1. The number of amides is 3. The number of nitrogens with one attached hydrogen (secondary N) is 3. The summed E-state index contributed by atoms with van der Waals surface area (Å²) in [6.07, 6.45) is 0.619. The number of aromatic nitrogens is 1. The van der Waals surface area contributed by atoms with Gasteiger partial charge in [-0.25, -0.2) is 4.98 Å². The number of anilines is 1. The highest BCUT2D eigenvalue weighted by Gasteiger charge is 2.38. The first-order valence-electron chi connectivity index (χ1n) is 12.6. The van der Waals surface area contributed by atoms with Crippen molar-refractivity contribution in [2.24, 2.45) is 22.8 Å². The number of para-hydroxylation sites is 1. The summed E-state index contributed by atoms with van der Waals surface area (Å²) < 4.78 is 5.64. The summed E-state index contributed by atoms with van der Waals surface area (Å²) in [5, 5.41) is 35.0. The first-order valence-corrected chi connectivity index (χ1v) is 13.5. The van der Waals surface area contributed by atoms with Gasteiger partial charge >= 0.3 is 6.10 Å². The zero-order valence-corrected chi connectivity index (χ0v) is 23.5. The molecule has 1 aliphatic carbocycles. The third-order valence-electron chi connectivity index (χ3n) is 6.29. The van der Waals surface area contributed by atoms with E-state index in [0.29, 0.717) is 34.2 Å². The van der Waals surface area contributed by atoms with Crippen LogP contribution >= 0.6 is 11.3 Å². The molecule has 220 valence electrons. The monoisotopic (exact) mass is 587 g/mol. The van der Waals surface area contributed by atoms with Crippen molar-refractivity contribution in [2.75, 3.05) is 25.5 Å². The van der Waals surface area contributed by atoms with Crippen LogP contribution in [0.3, 0.4) is 0 Å². The molecule has 10 N–H and O–H groups in total. The fraction of sp³-hybridized carbons (Fsp3) is 0.385. The standard InChI is InChI=1S/C26H33N7O7S/c1-25(2)11-33(12-25)24(36)17-10-29-23(41-17)14-5-4-6-15(20(14)40-3)30-16(19(28)22(35)32-26(37,38)39)9-18(27)31-21(34)13-7-8-13/h4-6,9-10,13,30,37-39H,7-8,11-12,27-28H2,1-3H3,(H,31,34)(H,32,35)/b18-9+,19-16+. The molecule has 0 radical (unpaired) electrons. The number of ether oxygens (including phenoxy) is 1. The van der Waals surface area contributed by atoms with Crippen LogP contribution in [0.5, 0.6) is 5.75 Å². The average Bonchev–Trinajstić information content (AvgIpc) is 3.61. The van der Waals surface area contributed by atoms with Crippen LogP contribution in [-0.4, -0.2) is 69.2 Å². The van der Waals surface area contributed by atoms with Gasteiger partial charge < -0.3 is 47.1 Å². The number of benzene rings is 1. The van der Waals surface area contributed by atoms with Crippen LogP contribution in [0.4, 0.5) is 5.69 Å². The average molecular weight is 588 g/mol. The van der Waals surface area contributed by atoms with Crippen molar-refractivity contribution < 1.29 is 34.4 Å². The van der Waals surface area contributed by atoms with E-state index in [1.165, 1.54) is 36.0 Å². The SMILES string of the molecule is COc1c(NC(/C=C(\N)NC(=O)C2CC2)=C(/N)C(=O)NC(O)(O)O)cccc1-c1ncc(C(=O)N2CC(C)(C)C2)s1. The van der Waals surface area contributed by atoms with Gasteiger partial charge in [0.25, 0.3) is 11.8 Å². The molecule has 15 heteroatoms. The summed E-state index contributed by atoms with van der Waals surface area (Å²) in [4.78, 5) is 44.2. The molecule has 14 nitrogen and oxygen atoms in total. The zero-order chi connectivity index (χ0) is 30.1. The Bertz CT molecular complexity index is 1420. The third-order valence-corrected chi connectivity index (χ3v) is 7.31. The fourth-order valence-electron chi connectivity index (χ4n) is 4.26. The molecule has 1 saturated heterocycles. The number of carbonyl (C=O) groups is 3. The highest BCUT2D eigenvalue weighted by Crippen LogP contribution is 2.40. The number of rotatable bonds is 10. The van der Waals surface area contributed by atoms with E-state index in [1.807, 2.05) is 0 Å². The van der Waals surface area contributed by atoms with Gasteiger partial charge in [0.2, 0.25) is 5.91 Å². The number of likely N-dealkylation sites (tertiary alicyclic amines) is 1. The third kappa shape index (κ3) is 7.32. The van der Waals surface area contributed by atoms with Gasteiger partial charge in [-0.15, -0.1) is 11.3 Å². The molecule has 2 aromatic rings. The Labute approximate surface area is 239 Å². The fourth-order valence-corrected chi connectivity index (χ4v) is 5.16. The van der Waals surface area contributed by atoms with Crippen LogP contribution in [-0.2, 0) is 9.59 Å². The summed E-state index contributed by atoms with van der Waals surface area (Å²) in [5.41, 5.74) is 12.1. The Hall–Kier alpha value is -4.18. The molecule has 1 saturated carbocycles. The van der Waals surface area contributed by atoms with Gasteiger partial charge in [-0.1, -0.05) is 19.9 Å². The molecule has 0 spiro atoms. The maximum atomic E-state index is 12.9. The number of carbonyl (C=O) groups excluding carboxylic acids is 3. The van der Waals surface area contributed by atoms with Crippen molar-refractivity contribution in [1.29, 1.82) is 0 Å². The van der Waals surface area contributed by atoms with E-state index in [9.17, 15) is 29.7 Å². The van der Waals surface area contributed by atoms with Crippen molar-refractivity contribution in [3.05, 3.63) is 52.6 Å². The van der Waals surface area contributed by atoms with Gasteiger partial charge in [0, 0.05) is 25.1 Å². The topological polar surface area (TPSA) is 225 Å². The predicted octanol–water partition coefficient (Wildman–Crippen LogP) is -0.0864. The van der Waals surface area contributed by atoms with Gasteiger partial charge in [0.15, 0.2) is 5.75 Å². The molecule has 2 fully saturated rings. The molecular formula is C26H33N7O7S. The minimum Gasteiger partial charge on any atom is -0.494 e. The number of hydrogen-bond acceptors (Lipinski definition) is 12. The molecular weight excluding hydrogens is 554 g/mol. The molecule has 0 unspecified atom stereocenters. The number of aliphatic hydroxyl groups is 3. The van der Waals surface area contributed by atoms with E-state index in [2.05, 4.69) is 29.5 Å². The van der Waals surface area contributed by atoms with Crippen molar-refractivity contribution >= 4 is 34.7 Å². The first kappa shape index (κ1) is 29.8. The van der Waals surface area contributed by atoms with Gasteiger partial charge in [0.05, 0.1) is 30.3 Å². The largest absolute Gasteiger partial charge is 0.494 e. The highest BCUT2D eigenvalue weighted by atomic mass is 32.1. The summed E-state index contributed by atoms with van der Waals surface area (Å²) in [6.45, 7) is 5.51. The molecule has 3 amide bonds. The predicted molar refractivity (Wildman–Crippen MR) is 149 cm³/mol. The maximum absolute atomic E-state index is 12.9. The smallest absolute Gasteiger partial charge is 0.369 e. The van der Waals surface area contributed by atoms with Crippen molar-refractivity contribution in [2.45, 2.75) is 32.8 Å². The van der Waals surface area contributed by atoms with Crippen LogP contribution in [0.2, 0.25) is 0 Å². The van der Waals surface area contributed by atoms with Gasteiger partial charge in [-0.05, 0) is 30.4 Å². The number of hydrogen-bond donors (Lipinski definition) is 8. The number of nitrogens with two attached hydrogens (primary N) is 2. The van der Waals surface area contributed by atoms with Crippen LogP contribution in [0.1, 0.15) is 36.4 Å². The van der Waals surface area contributed by atoms with Crippen LogP contribution in [0, 0.1) is 11.3 Å². The Balaban J connectivity index is 1.65. The van der Waals surface area contributed by atoms with Crippen molar-refractivity contribution in [1.82, 2.24) is 20.5 Å². The summed E-state index contributed by atoms with van der Waals surface area (Å²) in [7, 11) is 1.42. The normalized spacial score (nSPS) is 17.2. The molecule has 0 bridgehead atoms. The Morgan fingerprint density at radius 2 is 1.88 bits per heavy atom. The lowest BCUT2D eigenvalue weighted by Gasteiger charge is -2.45. The van der Waals surface area contributed by atoms with E-state index in [0.717, 1.165) is 12.8 Å². The van der Waals surface area contributed by atoms with Gasteiger partial charge in [0.1, 0.15) is 21.4 Å². The lowest BCUT2D eigenvalue weighted by Crippen LogP contribution is -2.55. The van der Waals surface area contributed by atoms with E-state index >= 15 is 0 Å². The molecule has 4 rings (SSSR count). The van der Waals surface area contributed by atoms with Crippen LogP contribution < -0.4 is 32.2 Å². The summed E-state index contributed by atoms with van der Waals surface area (Å²) in [5.74, 6) is -1.67. The zero-order valence-electron chi connectivity index (χ0n) is 22.7. The molecule has 1 aliphatic heterocycles. The molecule has 2 aliphatic rings. The highest BCUT2D eigenvalue weighted by molar-refractivity contribution is 7.17. The quantitative estimate of drug-likeness (QED) is 0.104. The van der Waals surface area contributed by atoms with Crippen molar-refractivity contribution in [3.8, 4) is 16.3 Å². The Morgan fingerprint density at radius 1 is 1.20 bits per heavy atom. The van der Waals surface area contributed by atoms with Crippen LogP contribution in [0.15, 0.2) is 47.7 Å². The van der Waals surface area contributed by atoms with Crippen LogP contribution in [0.25, 0.3) is 10.6 Å². The Morgan fingerprint density at radius 3 is 2.46 bits per heavy atom. The van der Waals surface area contributed by atoms with Gasteiger partial charge in [-0.3, -0.25) is 19.7 Å². The molecule has 0 atom stereocenters.